The van der Waals surface area contributed by atoms with E-state index in [0.717, 1.165) is 0 Å². The molecule has 0 aliphatic carbocycles. The van der Waals surface area contributed by atoms with Gasteiger partial charge in [-0.15, -0.1) is 0 Å². The van der Waals surface area contributed by atoms with Crippen molar-refractivity contribution in [1.29, 1.82) is 0 Å². The molecule has 166 valence electrons. The molecule has 0 bridgehead atoms. The number of anilines is 1. The first-order valence-corrected chi connectivity index (χ1v) is 10.1. The fraction of sp³-hybridized carbons (Fsp3) is 0.286. The maximum Gasteiger partial charge on any atom is 0.397 e. The van der Waals surface area contributed by atoms with E-state index in [-0.39, 0.29) is 51.1 Å². The van der Waals surface area contributed by atoms with Crippen molar-refractivity contribution >= 4 is 46.7 Å². The molecule has 2 aromatic rings. The van der Waals surface area contributed by atoms with E-state index >= 15 is 0 Å². The maximum atomic E-state index is 12.3. The molecule has 0 unspecified atom stereocenters. The zero-order valence-corrected chi connectivity index (χ0v) is 18.6. The first-order chi connectivity index (χ1) is 14.6. The van der Waals surface area contributed by atoms with Gasteiger partial charge in [0.15, 0.2) is 5.75 Å². The van der Waals surface area contributed by atoms with E-state index < -0.39 is 17.8 Å². The highest BCUT2D eigenvalue weighted by Crippen LogP contribution is 2.39. The number of aromatic hydroxyl groups is 1. The van der Waals surface area contributed by atoms with Crippen LogP contribution in [0.15, 0.2) is 30.3 Å². The average molecular weight is 469 g/mol. The van der Waals surface area contributed by atoms with Crippen molar-refractivity contribution in [3.05, 3.63) is 45.9 Å². The number of halogens is 2. The van der Waals surface area contributed by atoms with Gasteiger partial charge in [-0.1, -0.05) is 37.0 Å². The fourth-order valence-corrected chi connectivity index (χ4v) is 2.94. The summed E-state index contributed by atoms with van der Waals surface area (Å²) in [6, 6.07) is 6.80. The Hall–Kier alpha value is -2.97. The second-order valence-electron chi connectivity index (χ2n) is 6.83. The first kappa shape index (κ1) is 24.3. The van der Waals surface area contributed by atoms with Gasteiger partial charge in [0.2, 0.25) is 0 Å². The Balaban J connectivity index is 2.21. The molecule has 0 fully saturated rings. The van der Waals surface area contributed by atoms with E-state index in [1.807, 2.05) is 13.8 Å². The molecule has 31 heavy (non-hydrogen) atoms. The first-order valence-electron chi connectivity index (χ1n) is 9.38. The van der Waals surface area contributed by atoms with Gasteiger partial charge in [0.05, 0.1) is 22.2 Å². The van der Waals surface area contributed by atoms with Crippen LogP contribution >= 0.6 is 23.2 Å². The van der Waals surface area contributed by atoms with Gasteiger partial charge in [-0.3, -0.25) is 9.59 Å². The SMILES string of the molecule is CCOC(=O)C(=O)Nc1cc(Cl)c(Oc2ccc(O)c(C(=O)NCC(C)C)c2)c(Cl)c1. The van der Waals surface area contributed by atoms with Gasteiger partial charge in [-0.2, -0.15) is 0 Å². The van der Waals surface area contributed by atoms with Crippen molar-refractivity contribution in [2.75, 3.05) is 18.5 Å². The lowest BCUT2D eigenvalue weighted by Crippen LogP contribution is -2.27. The number of carbonyl (C=O) groups is 3. The third kappa shape index (κ3) is 6.77. The number of phenols is 1. The zero-order valence-electron chi connectivity index (χ0n) is 17.1. The lowest BCUT2D eigenvalue weighted by atomic mass is 10.1. The second kappa shape index (κ2) is 10.9. The summed E-state index contributed by atoms with van der Waals surface area (Å²) >= 11 is 12.4. The zero-order chi connectivity index (χ0) is 23.1. The third-order valence-electron chi connectivity index (χ3n) is 3.82. The van der Waals surface area contributed by atoms with Crippen LogP contribution in [0.2, 0.25) is 10.0 Å². The molecule has 0 aliphatic heterocycles. The van der Waals surface area contributed by atoms with Crippen molar-refractivity contribution in [3.63, 3.8) is 0 Å². The summed E-state index contributed by atoms with van der Waals surface area (Å²) in [5, 5.41) is 15.1. The Morgan fingerprint density at radius 2 is 1.74 bits per heavy atom. The molecule has 0 aromatic heterocycles. The van der Waals surface area contributed by atoms with Gasteiger partial charge >= 0.3 is 11.9 Å². The van der Waals surface area contributed by atoms with Crippen LogP contribution in [0.5, 0.6) is 17.2 Å². The Labute approximate surface area is 189 Å². The van der Waals surface area contributed by atoms with E-state index in [4.69, 9.17) is 27.9 Å². The van der Waals surface area contributed by atoms with Gasteiger partial charge in [0.25, 0.3) is 5.91 Å². The van der Waals surface area contributed by atoms with Gasteiger partial charge < -0.3 is 25.2 Å². The van der Waals surface area contributed by atoms with E-state index in [1.165, 1.54) is 30.3 Å². The monoisotopic (exact) mass is 468 g/mol. The van der Waals surface area contributed by atoms with Crippen LogP contribution in [0.25, 0.3) is 0 Å². The Bertz CT molecular complexity index is 971. The predicted molar refractivity (Wildman–Crippen MR) is 117 cm³/mol. The van der Waals surface area contributed by atoms with Crippen LogP contribution in [0, 0.1) is 5.92 Å². The topological polar surface area (TPSA) is 114 Å². The van der Waals surface area contributed by atoms with Crippen LogP contribution < -0.4 is 15.4 Å². The number of amides is 2. The number of phenolic OH excluding ortho intramolecular Hbond substituents is 1. The third-order valence-corrected chi connectivity index (χ3v) is 4.38. The van der Waals surface area contributed by atoms with Crippen LogP contribution in [-0.4, -0.2) is 36.0 Å². The van der Waals surface area contributed by atoms with Gasteiger partial charge in [0.1, 0.15) is 11.5 Å². The fourth-order valence-electron chi connectivity index (χ4n) is 2.38. The number of ether oxygens (including phenoxy) is 2. The normalized spacial score (nSPS) is 10.5. The van der Waals surface area contributed by atoms with Gasteiger partial charge in [0, 0.05) is 12.2 Å². The number of esters is 1. The number of nitrogens with one attached hydrogen (secondary N) is 2. The van der Waals surface area contributed by atoms with Crippen molar-refractivity contribution in [2.45, 2.75) is 20.8 Å². The van der Waals surface area contributed by atoms with Crippen LogP contribution in [-0.2, 0) is 14.3 Å². The Kier molecular flexibility index (Phi) is 8.53. The summed E-state index contributed by atoms with van der Waals surface area (Å²) < 4.78 is 10.3. The molecular formula is C21H22Cl2N2O6. The summed E-state index contributed by atoms with van der Waals surface area (Å²) in [5.41, 5.74) is 0.198. The lowest BCUT2D eigenvalue weighted by Gasteiger charge is -2.14. The summed E-state index contributed by atoms with van der Waals surface area (Å²) in [7, 11) is 0. The lowest BCUT2D eigenvalue weighted by molar-refractivity contribution is -0.152. The molecule has 0 radical (unpaired) electrons. The highest BCUT2D eigenvalue weighted by atomic mass is 35.5. The molecule has 2 rings (SSSR count). The number of rotatable bonds is 7. The summed E-state index contributed by atoms with van der Waals surface area (Å²) in [6.45, 7) is 5.98. The maximum absolute atomic E-state index is 12.3. The highest BCUT2D eigenvalue weighted by Gasteiger charge is 2.19. The quantitative estimate of drug-likeness (QED) is 0.410. The number of carbonyl (C=O) groups excluding carboxylic acids is 3. The number of hydrogen-bond donors (Lipinski definition) is 3. The average Bonchev–Trinajstić information content (AvgIpc) is 2.70. The predicted octanol–water partition coefficient (Wildman–Crippen LogP) is 4.38. The summed E-state index contributed by atoms with van der Waals surface area (Å²) in [5.74, 6) is -2.16. The molecule has 8 nitrogen and oxygen atoms in total. The molecule has 0 aliphatic rings. The van der Waals surface area contributed by atoms with E-state index in [0.29, 0.717) is 6.54 Å². The molecule has 0 saturated heterocycles. The standard InChI is InChI=1S/C21H22Cl2N2O6/c1-4-30-21(29)20(28)25-12-7-15(22)18(16(23)8-12)31-13-5-6-17(26)14(9-13)19(27)24-10-11(2)3/h5-9,11,26H,4,10H2,1-3H3,(H,24,27)(H,25,28). The summed E-state index contributed by atoms with van der Waals surface area (Å²) in [4.78, 5) is 35.5. The smallest absolute Gasteiger partial charge is 0.397 e. The molecular weight excluding hydrogens is 447 g/mol. The van der Waals surface area contributed by atoms with Gasteiger partial charge in [-0.25, -0.2) is 4.79 Å². The van der Waals surface area contributed by atoms with E-state index in [2.05, 4.69) is 15.4 Å². The minimum atomic E-state index is -1.04. The minimum absolute atomic E-state index is 0.0312. The largest absolute Gasteiger partial charge is 0.507 e. The van der Waals surface area contributed by atoms with Crippen molar-refractivity contribution in [2.24, 2.45) is 5.92 Å². The molecule has 0 saturated carbocycles. The summed E-state index contributed by atoms with van der Waals surface area (Å²) in [6.07, 6.45) is 0. The van der Waals surface area contributed by atoms with Crippen molar-refractivity contribution in [1.82, 2.24) is 5.32 Å². The number of benzene rings is 2. The molecule has 2 amide bonds. The van der Waals surface area contributed by atoms with Crippen LogP contribution in [0.3, 0.4) is 0 Å². The van der Waals surface area contributed by atoms with Crippen molar-refractivity contribution < 1.29 is 29.0 Å². The molecule has 0 spiro atoms. The van der Waals surface area contributed by atoms with Gasteiger partial charge in [-0.05, 0) is 43.2 Å². The molecule has 10 heteroatoms. The van der Waals surface area contributed by atoms with E-state index in [1.54, 1.807) is 6.92 Å². The molecule has 0 heterocycles. The molecule has 0 atom stereocenters. The van der Waals surface area contributed by atoms with Crippen LogP contribution in [0.4, 0.5) is 5.69 Å². The number of hydrogen-bond acceptors (Lipinski definition) is 6. The second-order valence-corrected chi connectivity index (χ2v) is 7.64. The Morgan fingerprint density at radius 3 is 2.32 bits per heavy atom. The van der Waals surface area contributed by atoms with E-state index in [9.17, 15) is 19.5 Å². The van der Waals surface area contributed by atoms with Crippen LogP contribution in [0.1, 0.15) is 31.1 Å². The highest BCUT2D eigenvalue weighted by molar-refractivity contribution is 6.39. The molecule has 2 aromatic carbocycles. The van der Waals surface area contributed by atoms with Crippen molar-refractivity contribution in [3.8, 4) is 17.2 Å². The molecule has 3 N–H and O–H groups in total. The minimum Gasteiger partial charge on any atom is -0.507 e. The Morgan fingerprint density at radius 1 is 1.10 bits per heavy atom.